The Morgan fingerprint density at radius 2 is 2.10 bits per heavy atom. The number of rotatable bonds is 4. The van der Waals surface area contributed by atoms with E-state index in [0.717, 1.165) is 0 Å². The lowest BCUT2D eigenvalue weighted by atomic mass is 10.2. The minimum atomic E-state index is -3.12. The number of alkyl halides is 2. The molecule has 0 aliphatic carbocycles. The van der Waals surface area contributed by atoms with E-state index in [1.54, 1.807) is 6.92 Å². The molecule has 2 nitrogen and oxygen atoms in total. The van der Waals surface area contributed by atoms with Gasteiger partial charge in [-0.3, -0.25) is 0 Å². The lowest BCUT2D eigenvalue weighted by Gasteiger charge is -2.20. The van der Waals surface area contributed by atoms with Crippen LogP contribution in [0.1, 0.15) is 13.8 Å². The van der Waals surface area contributed by atoms with Gasteiger partial charge in [0.15, 0.2) is 0 Å². The van der Waals surface area contributed by atoms with Gasteiger partial charge in [-0.1, -0.05) is 0 Å². The smallest absolute Gasteiger partial charge is 0.295 e. The van der Waals surface area contributed by atoms with E-state index in [1.807, 2.05) is 0 Å². The molecular formula is C6H12F2O2. The average Bonchev–Trinajstić information content (AvgIpc) is 1.89. The Morgan fingerprint density at radius 1 is 1.60 bits per heavy atom. The fraction of sp³-hybridized carbons (Fsp3) is 1.00. The van der Waals surface area contributed by atoms with E-state index in [2.05, 4.69) is 4.74 Å². The third-order valence-corrected chi connectivity index (χ3v) is 1.22. The third-order valence-electron chi connectivity index (χ3n) is 1.22. The van der Waals surface area contributed by atoms with E-state index < -0.39 is 18.6 Å². The molecule has 0 saturated heterocycles. The van der Waals surface area contributed by atoms with Crippen molar-refractivity contribution in [3.8, 4) is 0 Å². The van der Waals surface area contributed by atoms with E-state index in [0.29, 0.717) is 0 Å². The van der Waals surface area contributed by atoms with Crippen LogP contribution in [0.5, 0.6) is 0 Å². The Bertz CT molecular complexity index is 95.7. The molecule has 62 valence electrons. The molecule has 0 aliphatic heterocycles. The van der Waals surface area contributed by atoms with Gasteiger partial charge in [0.25, 0.3) is 5.92 Å². The van der Waals surface area contributed by atoms with Crippen molar-refractivity contribution in [1.29, 1.82) is 0 Å². The first kappa shape index (κ1) is 9.78. The van der Waals surface area contributed by atoms with E-state index in [1.165, 1.54) is 6.92 Å². The average molecular weight is 154 g/mol. The van der Waals surface area contributed by atoms with Crippen molar-refractivity contribution in [2.45, 2.75) is 25.9 Å². The monoisotopic (exact) mass is 154 g/mol. The summed E-state index contributed by atoms with van der Waals surface area (Å²) in [5.41, 5.74) is 0. The Kier molecular flexibility index (Phi) is 3.75. The predicted molar refractivity (Wildman–Crippen MR) is 33.1 cm³/mol. The van der Waals surface area contributed by atoms with Crippen molar-refractivity contribution in [3.05, 3.63) is 0 Å². The molecule has 0 fully saturated rings. The highest BCUT2D eigenvalue weighted by Crippen LogP contribution is 2.19. The number of hydrogen-bond acceptors (Lipinski definition) is 2. The van der Waals surface area contributed by atoms with Gasteiger partial charge in [-0.15, -0.1) is 0 Å². The molecule has 0 aromatic rings. The second-order valence-corrected chi connectivity index (χ2v) is 2.02. The summed E-state index contributed by atoms with van der Waals surface area (Å²) >= 11 is 0. The number of halogens is 2. The van der Waals surface area contributed by atoms with Crippen molar-refractivity contribution in [1.82, 2.24) is 0 Å². The van der Waals surface area contributed by atoms with E-state index in [9.17, 15) is 8.78 Å². The lowest BCUT2D eigenvalue weighted by molar-refractivity contribution is -0.150. The Morgan fingerprint density at radius 3 is 2.40 bits per heavy atom. The zero-order valence-corrected chi connectivity index (χ0v) is 6.10. The van der Waals surface area contributed by atoms with Crippen LogP contribution in [0.25, 0.3) is 0 Å². The molecule has 1 unspecified atom stereocenters. The zero-order chi connectivity index (χ0) is 8.20. The quantitative estimate of drug-likeness (QED) is 0.655. The molecule has 0 spiro atoms. The maximum atomic E-state index is 12.4. The van der Waals surface area contributed by atoms with Crippen LogP contribution in [0.4, 0.5) is 8.78 Å². The van der Waals surface area contributed by atoms with Gasteiger partial charge in [-0.2, -0.15) is 0 Å². The molecule has 4 heteroatoms. The van der Waals surface area contributed by atoms with Crippen LogP contribution in [-0.2, 0) is 4.74 Å². The molecule has 0 aliphatic rings. The summed E-state index contributed by atoms with van der Waals surface area (Å²) in [6.45, 7) is 1.94. The summed E-state index contributed by atoms with van der Waals surface area (Å²) in [5, 5.41) is 8.16. The molecule has 0 amide bonds. The number of aliphatic hydroxyl groups is 1. The van der Waals surface area contributed by atoms with Gasteiger partial charge in [0, 0.05) is 6.61 Å². The molecule has 0 aromatic carbocycles. The molecule has 0 heterocycles. The first-order valence-electron chi connectivity index (χ1n) is 3.15. The van der Waals surface area contributed by atoms with Crippen molar-refractivity contribution in [2.24, 2.45) is 0 Å². The maximum absolute atomic E-state index is 12.4. The van der Waals surface area contributed by atoms with Gasteiger partial charge < -0.3 is 9.84 Å². The molecule has 0 saturated carbocycles. The van der Waals surface area contributed by atoms with Crippen LogP contribution in [0.2, 0.25) is 0 Å². The minimum absolute atomic E-state index is 0.233. The molecule has 0 aromatic heterocycles. The van der Waals surface area contributed by atoms with Crippen molar-refractivity contribution < 1.29 is 18.6 Å². The first-order valence-corrected chi connectivity index (χ1v) is 3.15. The third kappa shape index (κ3) is 2.58. The fourth-order valence-electron chi connectivity index (χ4n) is 0.500. The molecule has 10 heavy (non-hydrogen) atoms. The molecule has 0 rings (SSSR count). The largest absolute Gasteiger partial charge is 0.390 e. The van der Waals surface area contributed by atoms with Crippen molar-refractivity contribution in [3.63, 3.8) is 0 Å². The highest BCUT2D eigenvalue weighted by Gasteiger charge is 2.35. The van der Waals surface area contributed by atoms with Gasteiger partial charge in [-0.25, -0.2) is 8.78 Å². The van der Waals surface area contributed by atoms with E-state index in [-0.39, 0.29) is 6.61 Å². The number of hydrogen-bond donors (Lipinski definition) is 1. The summed E-state index contributed by atoms with van der Waals surface area (Å²) in [4.78, 5) is 0. The molecule has 1 atom stereocenters. The SMILES string of the molecule is CCOC(C)C(F)(F)CO. The van der Waals surface area contributed by atoms with Gasteiger partial charge in [-0.05, 0) is 13.8 Å². The summed E-state index contributed by atoms with van der Waals surface area (Å²) < 4.78 is 29.3. The highest BCUT2D eigenvalue weighted by atomic mass is 19.3. The summed E-state index contributed by atoms with van der Waals surface area (Å²) in [6.07, 6.45) is -1.21. The highest BCUT2D eigenvalue weighted by molar-refractivity contribution is 4.72. The topological polar surface area (TPSA) is 29.5 Å². The van der Waals surface area contributed by atoms with Crippen molar-refractivity contribution in [2.75, 3.05) is 13.2 Å². The standard InChI is InChI=1S/C6H12F2O2/c1-3-10-5(2)6(7,8)4-9/h5,9H,3-4H2,1-2H3. The predicted octanol–water partition coefficient (Wildman–Crippen LogP) is 1.04. The minimum Gasteiger partial charge on any atom is -0.390 e. The summed E-state index contributed by atoms with van der Waals surface area (Å²) in [6, 6.07) is 0. The van der Waals surface area contributed by atoms with Crippen molar-refractivity contribution >= 4 is 0 Å². The maximum Gasteiger partial charge on any atom is 0.295 e. The normalized spacial score (nSPS) is 15.3. The Balaban J connectivity index is 3.78. The lowest BCUT2D eigenvalue weighted by Crippen LogP contribution is -2.36. The number of ether oxygens (including phenoxy) is 1. The van der Waals surface area contributed by atoms with E-state index >= 15 is 0 Å². The van der Waals surface area contributed by atoms with Crippen LogP contribution in [0.3, 0.4) is 0 Å². The second-order valence-electron chi connectivity index (χ2n) is 2.02. The molecule has 0 radical (unpaired) electrons. The van der Waals surface area contributed by atoms with Crippen LogP contribution in [-0.4, -0.2) is 30.3 Å². The van der Waals surface area contributed by atoms with Crippen LogP contribution < -0.4 is 0 Å². The Labute approximate surface area is 58.8 Å². The number of aliphatic hydroxyl groups excluding tert-OH is 1. The Hall–Kier alpha value is -0.220. The molecular weight excluding hydrogens is 142 g/mol. The summed E-state index contributed by atoms with van der Waals surface area (Å²) in [7, 11) is 0. The molecule has 0 bridgehead atoms. The zero-order valence-electron chi connectivity index (χ0n) is 6.10. The molecule has 1 N–H and O–H groups in total. The second kappa shape index (κ2) is 3.83. The van der Waals surface area contributed by atoms with Gasteiger partial charge in [0.05, 0.1) is 0 Å². The summed E-state index contributed by atoms with van der Waals surface area (Å²) in [5.74, 6) is -3.12. The van der Waals surface area contributed by atoms with Crippen LogP contribution in [0, 0.1) is 0 Å². The van der Waals surface area contributed by atoms with Crippen LogP contribution in [0.15, 0.2) is 0 Å². The van der Waals surface area contributed by atoms with Crippen LogP contribution >= 0.6 is 0 Å². The van der Waals surface area contributed by atoms with Gasteiger partial charge >= 0.3 is 0 Å². The fourth-order valence-corrected chi connectivity index (χ4v) is 0.500. The van der Waals surface area contributed by atoms with E-state index in [4.69, 9.17) is 5.11 Å². The van der Waals surface area contributed by atoms with Gasteiger partial charge in [0.2, 0.25) is 0 Å². The van der Waals surface area contributed by atoms with Gasteiger partial charge in [0.1, 0.15) is 12.7 Å². The first-order chi connectivity index (χ1) is 4.54.